The zero-order valence-corrected chi connectivity index (χ0v) is 42.9. The van der Waals surface area contributed by atoms with Gasteiger partial charge in [-0.25, -0.2) is 0 Å². The SMILES string of the molecule is Cc1cc2c(cc1N1c3c(sc4cc5c(cc34)C(C)(C)CCC5(C)C)B3c4c(cc5c(oc6ccccc65)c41)-c1ccc4ccccc4c1N3c1ccc(C(C)(C)C)cc1)C(C)(C)CCC2(C)C. The highest BCUT2D eigenvalue weighted by molar-refractivity contribution is 7.32. The Kier molecular flexibility index (Phi) is 8.54. The summed E-state index contributed by atoms with van der Waals surface area (Å²) < 4.78 is 10.1. The van der Waals surface area contributed by atoms with E-state index < -0.39 is 0 Å². The van der Waals surface area contributed by atoms with E-state index in [0.717, 1.165) is 23.0 Å². The normalized spacial score (nSPS) is 18.4. The van der Waals surface area contributed by atoms with E-state index >= 15 is 0 Å². The van der Waals surface area contributed by atoms with Gasteiger partial charge < -0.3 is 14.1 Å². The molecular formula is C63H63BN2OS. The maximum Gasteiger partial charge on any atom is 0.343 e. The molecule has 0 fully saturated rings. The molecule has 340 valence electrons. The smallest absolute Gasteiger partial charge is 0.343 e. The summed E-state index contributed by atoms with van der Waals surface area (Å²) in [6.45, 7) is 29.0. The van der Waals surface area contributed by atoms with Gasteiger partial charge in [-0.3, -0.25) is 0 Å². The minimum absolute atomic E-state index is 0.0267. The van der Waals surface area contributed by atoms with Crippen LogP contribution in [0.1, 0.15) is 135 Å². The quantitative estimate of drug-likeness (QED) is 0.161. The van der Waals surface area contributed by atoms with Crippen LogP contribution in [0.2, 0.25) is 0 Å². The molecule has 13 rings (SSSR count). The second-order valence-corrected chi connectivity index (χ2v) is 25.8. The molecule has 4 heterocycles. The molecule has 2 aromatic heterocycles. The summed E-state index contributed by atoms with van der Waals surface area (Å²) in [7, 11) is 0. The van der Waals surface area contributed by atoms with Gasteiger partial charge in [0.1, 0.15) is 5.58 Å². The van der Waals surface area contributed by atoms with Gasteiger partial charge in [0.05, 0.1) is 11.4 Å². The average Bonchev–Trinajstić information content (AvgIpc) is 3.87. The molecule has 3 nitrogen and oxygen atoms in total. The Morgan fingerprint density at radius 2 is 1.16 bits per heavy atom. The molecule has 9 aromatic rings. The molecule has 0 bridgehead atoms. The van der Waals surface area contributed by atoms with Gasteiger partial charge >= 0.3 is 6.85 Å². The van der Waals surface area contributed by atoms with Crippen molar-refractivity contribution in [3.8, 4) is 11.1 Å². The van der Waals surface area contributed by atoms with Crippen LogP contribution in [0.5, 0.6) is 0 Å². The molecule has 2 aliphatic carbocycles. The average molecular weight is 907 g/mol. The highest BCUT2D eigenvalue weighted by Crippen LogP contribution is 2.58. The minimum atomic E-state index is -0.133. The van der Waals surface area contributed by atoms with E-state index in [1.807, 2.05) is 11.3 Å². The monoisotopic (exact) mass is 906 g/mol. The molecule has 0 radical (unpaired) electrons. The molecule has 0 unspecified atom stereocenters. The fraction of sp³-hybridized carbons (Fsp3) is 0.333. The summed E-state index contributed by atoms with van der Waals surface area (Å²) in [5, 5.41) is 6.19. The van der Waals surface area contributed by atoms with E-state index in [4.69, 9.17) is 4.42 Å². The van der Waals surface area contributed by atoms with Crippen LogP contribution in [-0.2, 0) is 27.1 Å². The lowest BCUT2D eigenvalue weighted by Gasteiger charge is -2.46. The Bertz CT molecular complexity index is 3650. The molecular weight excluding hydrogens is 844 g/mol. The third-order valence-electron chi connectivity index (χ3n) is 17.4. The highest BCUT2D eigenvalue weighted by Gasteiger charge is 2.50. The molecule has 0 saturated carbocycles. The molecule has 0 spiro atoms. The summed E-state index contributed by atoms with van der Waals surface area (Å²) in [4.78, 5) is 5.46. The number of nitrogens with zero attached hydrogens (tertiary/aromatic N) is 2. The van der Waals surface area contributed by atoms with Crippen LogP contribution in [0.25, 0.3) is 53.9 Å². The van der Waals surface area contributed by atoms with Gasteiger partial charge in [-0.05, 0) is 152 Å². The predicted molar refractivity (Wildman–Crippen MR) is 294 cm³/mol. The fourth-order valence-corrected chi connectivity index (χ4v) is 14.4. The highest BCUT2D eigenvalue weighted by atomic mass is 32.1. The van der Waals surface area contributed by atoms with E-state index in [2.05, 4.69) is 208 Å². The van der Waals surface area contributed by atoms with Crippen molar-refractivity contribution < 1.29 is 4.42 Å². The third kappa shape index (κ3) is 5.78. The maximum atomic E-state index is 7.35. The second kappa shape index (κ2) is 13.7. The van der Waals surface area contributed by atoms with E-state index in [0.29, 0.717) is 0 Å². The summed E-state index contributed by atoms with van der Waals surface area (Å²) in [6.07, 6.45) is 4.68. The van der Waals surface area contributed by atoms with E-state index in [1.165, 1.54) is 129 Å². The lowest BCUT2D eigenvalue weighted by molar-refractivity contribution is 0.332. The predicted octanol–water partition coefficient (Wildman–Crippen LogP) is 17.0. The first-order valence-electron chi connectivity index (χ1n) is 25.2. The number of fused-ring (bicyclic) bond motifs is 14. The Labute approximate surface area is 407 Å². The van der Waals surface area contributed by atoms with Crippen molar-refractivity contribution in [3.63, 3.8) is 0 Å². The molecule has 0 N–H and O–H groups in total. The first kappa shape index (κ1) is 42.3. The number of hydrogen-bond donors (Lipinski definition) is 0. The zero-order valence-electron chi connectivity index (χ0n) is 42.1. The number of furan rings is 1. The molecule has 5 heteroatoms. The van der Waals surface area contributed by atoms with Gasteiger partial charge in [-0.1, -0.05) is 149 Å². The van der Waals surface area contributed by atoms with Crippen molar-refractivity contribution >= 4 is 99.7 Å². The zero-order chi connectivity index (χ0) is 47.2. The van der Waals surface area contributed by atoms with Crippen molar-refractivity contribution in [2.45, 2.75) is 136 Å². The number of rotatable bonds is 2. The first-order chi connectivity index (χ1) is 32.2. The standard InChI is InChI=1S/C63H63BN2OS/c1-36-31-46-48(62(9,10)29-27-60(46,5)6)34-50(36)65-55-45-33-47-49(63(11,12)30-28-61(47,7)8)35-52(45)68-58(55)64-53-43(32-44-41-19-15-16-20-51(41)67-57(44)56(53)65)42-26-21-37-17-13-14-18-40(37)54(42)66(64)39-24-22-38(23-25-39)59(2,3)4/h13-26,31-35H,27-30H2,1-12H3. The first-order valence-corrected chi connectivity index (χ1v) is 26.0. The molecule has 0 saturated heterocycles. The molecule has 68 heavy (non-hydrogen) atoms. The minimum Gasteiger partial charge on any atom is -0.454 e. The van der Waals surface area contributed by atoms with Crippen LogP contribution in [0.15, 0.2) is 120 Å². The van der Waals surface area contributed by atoms with Crippen molar-refractivity contribution in [2.75, 3.05) is 9.71 Å². The summed E-state index contributed by atoms with van der Waals surface area (Å²) in [6, 6.07) is 45.0. The fourth-order valence-electron chi connectivity index (χ4n) is 13.1. The topological polar surface area (TPSA) is 19.6 Å². The van der Waals surface area contributed by atoms with Crippen molar-refractivity contribution in [1.82, 2.24) is 0 Å². The molecule has 7 aromatic carbocycles. The van der Waals surface area contributed by atoms with Crippen LogP contribution in [-0.4, -0.2) is 6.85 Å². The maximum absolute atomic E-state index is 7.35. The Balaban J connectivity index is 1.24. The van der Waals surface area contributed by atoms with Gasteiger partial charge in [-0.15, -0.1) is 11.3 Å². The Hall–Kier alpha value is -5.78. The van der Waals surface area contributed by atoms with Crippen LogP contribution in [0.3, 0.4) is 0 Å². The van der Waals surface area contributed by atoms with Crippen molar-refractivity contribution in [3.05, 3.63) is 149 Å². The van der Waals surface area contributed by atoms with Gasteiger partial charge in [-0.2, -0.15) is 0 Å². The van der Waals surface area contributed by atoms with Crippen LogP contribution in [0.4, 0.5) is 28.4 Å². The Morgan fingerprint density at radius 1 is 0.559 bits per heavy atom. The van der Waals surface area contributed by atoms with Gasteiger partial charge in [0, 0.05) is 53.6 Å². The van der Waals surface area contributed by atoms with Crippen LogP contribution >= 0.6 is 11.3 Å². The number of para-hydroxylation sites is 1. The van der Waals surface area contributed by atoms with E-state index in [-0.39, 0.29) is 33.9 Å². The molecule has 2 aliphatic heterocycles. The summed E-state index contributed by atoms with van der Waals surface area (Å²) in [5.41, 5.74) is 20.9. The van der Waals surface area contributed by atoms with E-state index in [1.54, 1.807) is 0 Å². The molecule has 0 amide bonds. The largest absolute Gasteiger partial charge is 0.454 e. The summed E-state index contributed by atoms with van der Waals surface area (Å²) in [5.74, 6) is 0. The lowest BCUT2D eigenvalue weighted by Crippen LogP contribution is -2.60. The van der Waals surface area contributed by atoms with Crippen LogP contribution < -0.4 is 20.0 Å². The van der Waals surface area contributed by atoms with Gasteiger partial charge in [0.2, 0.25) is 0 Å². The number of aryl methyl sites for hydroxylation is 1. The van der Waals surface area contributed by atoms with Crippen molar-refractivity contribution in [2.24, 2.45) is 0 Å². The van der Waals surface area contributed by atoms with E-state index in [9.17, 15) is 0 Å². The second-order valence-electron chi connectivity index (χ2n) is 24.7. The number of benzene rings is 7. The van der Waals surface area contributed by atoms with Gasteiger partial charge in [0.25, 0.3) is 0 Å². The summed E-state index contributed by atoms with van der Waals surface area (Å²) >= 11 is 2.03. The lowest BCUT2D eigenvalue weighted by atomic mass is 9.46. The third-order valence-corrected chi connectivity index (χ3v) is 18.6. The van der Waals surface area contributed by atoms with Crippen LogP contribution in [0, 0.1) is 6.92 Å². The molecule has 4 aliphatic rings. The number of hydrogen-bond acceptors (Lipinski definition) is 4. The molecule has 0 atom stereocenters. The Morgan fingerprint density at radius 3 is 1.84 bits per heavy atom. The number of anilines is 5. The van der Waals surface area contributed by atoms with Crippen molar-refractivity contribution in [1.29, 1.82) is 0 Å². The number of thiophene rings is 1. The van der Waals surface area contributed by atoms with Gasteiger partial charge in [0.15, 0.2) is 5.58 Å².